The van der Waals surface area contributed by atoms with E-state index in [4.69, 9.17) is 27.9 Å². The lowest BCUT2D eigenvalue weighted by molar-refractivity contribution is -0.145. The molecule has 1 amide bonds. The first-order valence-electron chi connectivity index (χ1n) is 7.27. The quantitative estimate of drug-likeness (QED) is 0.704. The van der Waals surface area contributed by atoms with Crippen molar-refractivity contribution < 1.29 is 24.2 Å². The minimum absolute atomic E-state index is 0.0212. The Hall–Kier alpha value is -1.50. The molecule has 0 radical (unpaired) electrons. The molecule has 0 aliphatic carbocycles. The highest BCUT2D eigenvalue weighted by atomic mass is 35.5. The average molecular weight is 378 g/mol. The second-order valence-corrected chi connectivity index (χ2v) is 6.55. The van der Waals surface area contributed by atoms with Crippen LogP contribution in [0.5, 0.6) is 5.75 Å². The molecular weight excluding hydrogens is 357 g/mol. The molecule has 0 bridgehead atoms. The maximum absolute atomic E-state index is 12.5. The summed E-state index contributed by atoms with van der Waals surface area (Å²) in [5.74, 6) is -0.503. The van der Waals surface area contributed by atoms with Crippen LogP contribution in [0.15, 0.2) is 18.2 Å². The molecule has 1 N–H and O–H groups in total. The van der Waals surface area contributed by atoms with Gasteiger partial charge >= 0.3 is 5.97 Å². The van der Waals surface area contributed by atoms with E-state index in [-0.39, 0.29) is 37.1 Å². The highest BCUT2D eigenvalue weighted by Crippen LogP contribution is 2.27. The summed E-state index contributed by atoms with van der Waals surface area (Å²) in [6.45, 7) is 2.94. The molecule has 0 unspecified atom stereocenters. The van der Waals surface area contributed by atoms with Crippen molar-refractivity contribution in [2.45, 2.75) is 25.8 Å². The van der Waals surface area contributed by atoms with Crippen LogP contribution in [-0.4, -0.2) is 54.3 Å². The predicted octanol–water partition coefficient (Wildman–Crippen LogP) is 2.53. The van der Waals surface area contributed by atoms with Gasteiger partial charge in [0, 0.05) is 11.6 Å². The molecule has 0 fully saturated rings. The van der Waals surface area contributed by atoms with E-state index >= 15 is 0 Å². The van der Waals surface area contributed by atoms with Gasteiger partial charge in [-0.05, 0) is 32.0 Å². The van der Waals surface area contributed by atoms with Crippen molar-refractivity contribution in [2.75, 3.05) is 26.9 Å². The minimum atomic E-state index is -0.849. The zero-order valence-electron chi connectivity index (χ0n) is 13.8. The number of aliphatic hydroxyl groups is 1. The summed E-state index contributed by atoms with van der Waals surface area (Å²) in [6.07, 6.45) is 0.0212. The van der Waals surface area contributed by atoms with E-state index in [1.54, 1.807) is 26.0 Å². The predicted molar refractivity (Wildman–Crippen MR) is 91.5 cm³/mol. The molecule has 0 saturated carbocycles. The summed E-state index contributed by atoms with van der Waals surface area (Å²) in [5.41, 5.74) is -0.849. The summed E-state index contributed by atoms with van der Waals surface area (Å²) in [5, 5.41) is 10.3. The number of hydrogen-bond donors (Lipinski definition) is 1. The lowest BCUT2D eigenvalue weighted by atomic mass is 10.0. The SMILES string of the molecule is COC(=O)CCN(C(=O)COc1ccc(Cl)cc1Cl)C(C)(C)CO. The van der Waals surface area contributed by atoms with Crippen LogP contribution >= 0.6 is 23.2 Å². The fourth-order valence-corrected chi connectivity index (χ4v) is 2.43. The Morgan fingerprint density at radius 3 is 2.50 bits per heavy atom. The lowest BCUT2D eigenvalue weighted by Crippen LogP contribution is -2.52. The Kier molecular flexibility index (Phi) is 7.79. The monoisotopic (exact) mass is 377 g/mol. The summed E-state index contributed by atoms with van der Waals surface area (Å²) < 4.78 is 10.0. The normalized spacial score (nSPS) is 11.1. The van der Waals surface area contributed by atoms with Crippen molar-refractivity contribution in [3.05, 3.63) is 28.2 Å². The average Bonchev–Trinajstić information content (AvgIpc) is 2.53. The number of benzene rings is 1. The van der Waals surface area contributed by atoms with Crippen LogP contribution in [-0.2, 0) is 14.3 Å². The van der Waals surface area contributed by atoms with E-state index in [0.29, 0.717) is 10.8 Å². The van der Waals surface area contributed by atoms with Gasteiger partial charge in [-0.3, -0.25) is 9.59 Å². The first kappa shape index (κ1) is 20.5. The van der Waals surface area contributed by atoms with Crippen LogP contribution in [0.4, 0.5) is 0 Å². The van der Waals surface area contributed by atoms with Gasteiger partial charge in [-0.25, -0.2) is 0 Å². The van der Waals surface area contributed by atoms with Gasteiger partial charge in [0.05, 0.1) is 30.7 Å². The van der Waals surface area contributed by atoms with E-state index < -0.39 is 11.5 Å². The zero-order valence-corrected chi connectivity index (χ0v) is 15.4. The number of carbonyl (C=O) groups excluding carboxylic acids is 2. The van der Waals surface area contributed by atoms with Crippen LogP contribution in [0.3, 0.4) is 0 Å². The van der Waals surface area contributed by atoms with E-state index in [2.05, 4.69) is 4.74 Å². The Morgan fingerprint density at radius 2 is 1.96 bits per heavy atom. The number of halogens is 2. The zero-order chi connectivity index (χ0) is 18.3. The second kappa shape index (κ2) is 9.11. The highest BCUT2D eigenvalue weighted by Gasteiger charge is 2.31. The van der Waals surface area contributed by atoms with Crippen molar-refractivity contribution in [1.29, 1.82) is 0 Å². The molecule has 134 valence electrons. The van der Waals surface area contributed by atoms with E-state index in [0.717, 1.165) is 0 Å². The summed E-state index contributed by atoms with van der Waals surface area (Å²) in [6, 6.07) is 4.67. The topological polar surface area (TPSA) is 76.1 Å². The Morgan fingerprint density at radius 1 is 1.29 bits per heavy atom. The number of nitrogens with zero attached hydrogens (tertiary/aromatic N) is 1. The molecular formula is C16H21Cl2NO5. The molecule has 0 heterocycles. The number of amides is 1. The smallest absolute Gasteiger partial charge is 0.307 e. The number of carbonyl (C=O) groups is 2. The number of esters is 1. The minimum Gasteiger partial charge on any atom is -0.482 e. The van der Waals surface area contributed by atoms with Crippen molar-refractivity contribution in [1.82, 2.24) is 4.90 Å². The first-order chi connectivity index (χ1) is 11.2. The van der Waals surface area contributed by atoms with Gasteiger partial charge in [0.15, 0.2) is 6.61 Å². The number of aliphatic hydroxyl groups excluding tert-OH is 1. The van der Waals surface area contributed by atoms with Gasteiger partial charge in [0.1, 0.15) is 5.75 Å². The van der Waals surface area contributed by atoms with Crippen LogP contribution in [0, 0.1) is 0 Å². The van der Waals surface area contributed by atoms with Gasteiger partial charge in [0.2, 0.25) is 0 Å². The van der Waals surface area contributed by atoms with Gasteiger partial charge in [-0.1, -0.05) is 23.2 Å². The van der Waals surface area contributed by atoms with Crippen LogP contribution < -0.4 is 4.74 Å². The molecule has 0 atom stereocenters. The van der Waals surface area contributed by atoms with Crippen molar-refractivity contribution in [3.63, 3.8) is 0 Å². The largest absolute Gasteiger partial charge is 0.482 e. The third-order valence-electron chi connectivity index (χ3n) is 3.43. The van der Waals surface area contributed by atoms with Crippen molar-refractivity contribution in [3.8, 4) is 5.75 Å². The molecule has 0 saturated heterocycles. The van der Waals surface area contributed by atoms with E-state index in [9.17, 15) is 14.7 Å². The maximum atomic E-state index is 12.5. The van der Waals surface area contributed by atoms with Crippen molar-refractivity contribution >= 4 is 35.1 Å². The molecule has 6 nitrogen and oxygen atoms in total. The van der Waals surface area contributed by atoms with Crippen molar-refractivity contribution in [2.24, 2.45) is 0 Å². The fraction of sp³-hybridized carbons (Fsp3) is 0.500. The molecule has 0 spiro atoms. The third-order valence-corrected chi connectivity index (χ3v) is 3.96. The maximum Gasteiger partial charge on any atom is 0.307 e. The molecule has 1 rings (SSSR count). The van der Waals surface area contributed by atoms with Gasteiger partial charge in [0.25, 0.3) is 5.91 Å². The molecule has 8 heteroatoms. The van der Waals surface area contributed by atoms with Gasteiger partial charge < -0.3 is 19.5 Å². The molecule has 0 aliphatic heterocycles. The Balaban J connectivity index is 2.78. The highest BCUT2D eigenvalue weighted by molar-refractivity contribution is 6.35. The first-order valence-corrected chi connectivity index (χ1v) is 8.03. The van der Waals surface area contributed by atoms with Gasteiger partial charge in [-0.2, -0.15) is 0 Å². The summed E-state index contributed by atoms with van der Waals surface area (Å²) in [4.78, 5) is 25.2. The Labute approximate surface area is 151 Å². The van der Waals surface area contributed by atoms with E-state index in [1.165, 1.54) is 18.1 Å². The molecule has 1 aromatic carbocycles. The number of methoxy groups -OCH3 is 1. The molecule has 1 aromatic rings. The molecule has 24 heavy (non-hydrogen) atoms. The van der Waals surface area contributed by atoms with Crippen LogP contribution in [0.25, 0.3) is 0 Å². The fourth-order valence-electron chi connectivity index (χ4n) is 1.97. The van der Waals surface area contributed by atoms with E-state index in [1.807, 2.05) is 0 Å². The standard InChI is InChI=1S/C16H21Cl2NO5/c1-16(2,10-20)19(7-6-15(22)23-3)14(21)9-24-13-5-4-11(17)8-12(13)18/h4-5,8,20H,6-7,9-10H2,1-3H3. The summed E-state index contributed by atoms with van der Waals surface area (Å²) >= 11 is 11.8. The molecule has 0 aromatic heterocycles. The van der Waals surface area contributed by atoms with Gasteiger partial charge in [-0.15, -0.1) is 0 Å². The van der Waals surface area contributed by atoms with Crippen LogP contribution in [0.1, 0.15) is 20.3 Å². The summed E-state index contributed by atoms with van der Waals surface area (Å²) in [7, 11) is 1.28. The third kappa shape index (κ3) is 5.85. The van der Waals surface area contributed by atoms with Crippen LogP contribution in [0.2, 0.25) is 10.0 Å². The Bertz CT molecular complexity index is 592. The second-order valence-electron chi connectivity index (χ2n) is 5.71. The molecule has 0 aliphatic rings. The number of hydrogen-bond acceptors (Lipinski definition) is 5. The number of ether oxygens (including phenoxy) is 2. The lowest BCUT2D eigenvalue weighted by Gasteiger charge is -2.37. The number of rotatable bonds is 8.